The highest BCUT2D eigenvalue weighted by Gasteiger charge is 2.53. The van der Waals surface area contributed by atoms with Crippen LogP contribution in [0.2, 0.25) is 0 Å². The topological polar surface area (TPSA) is 166 Å². The average molecular weight is 376 g/mol. The lowest BCUT2D eigenvalue weighted by Gasteiger charge is -2.43. The maximum atomic E-state index is 11.4. The molecule has 0 radical (unpaired) electrons. The summed E-state index contributed by atoms with van der Waals surface area (Å²) in [6, 6.07) is 0. The smallest absolute Gasteiger partial charge is 0.334 e. The van der Waals surface area contributed by atoms with E-state index in [1.54, 1.807) is 6.92 Å². The quantitative estimate of drug-likeness (QED) is 0.316. The Morgan fingerprint density at radius 1 is 1.19 bits per heavy atom. The normalized spacial score (nSPS) is 48.5. The molecule has 3 aliphatic rings. The molecule has 0 unspecified atom stereocenters. The summed E-state index contributed by atoms with van der Waals surface area (Å²) in [7, 11) is 0. The molecule has 6 N–H and O–H groups in total. The molecule has 1 saturated heterocycles. The molecule has 10 atom stereocenters. The van der Waals surface area contributed by atoms with Crippen molar-refractivity contribution in [3.8, 4) is 0 Å². The van der Waals surface area contributed by atoms with Crippen molar-refractivity contribution in [2.24, 2.45) is 17.8 Å². The highest BCUT2D eigenvalue weighted by molar-refractivity contribution is 5.87. The molecule has 2 fully saturated rings. The van der Waals surface area contributed by atoms with Crippen LogP contribution in [0, 0.1) is 17.8 Å². The van der Waals surface area contributed by atoms with Crippen LogP contribution in [0.5, 0.6) is 0 Å². The minimum absolute atomic E-state index is 0.0343. The summed E-state index contributed by atoms with van der Waals surface area (Å²) in [6.07, 6.45) is -7.71. The zero-order valence-electron chi connectivity index (χ0n) is 14.1. The standard InChI is InChI=1S/C16H24O10/c1-5-8(18)2-6-7(14(22)23)4-24-15(10(5)6)26-16-13(21)12(20)11(19)9(3-17)25-16/h4-6,8-13,15-21H,2-3H2,1H3,(H,22,23)/t5-,6+,8-,9+,10+,11+,12-,13+,15-,16-/m1/s1. The van der Waals surface area contributed by atoms with Crippen molar-refractivity contribution in [1.82, 2.24) is 0 Å². The molecule has 1 aliphatic carbocycles. The number of rotatable bonds is 4. The van der Waals surface area contributed by atoms with Crippen LogP contribution in [0.1, 0.15) is 13.3 Å². The van der Waals surface area contributed by atoms with Gasteiger partial charge in [0.15, 0.2) is 6.29 Å². The Morgan fingerprint density at radius 3 is 2.50 bits per heavy atom. The van der Waals surface area contributed by atoms with Gasteiger partial charge in [0.1, 0.15) is 24.4 Å². The molecular formula is C16H24O10. The van der Waals surface area contributed by atoms with Gasteiger partial charge in [-0.1, -0.05) is 6.92 Å². The molecule has 1 saturated carbocycles. The molecule has 0 aromatic rings. The van der Waals surface area contributed by atoms with Gasteiger partial charge in [-0.15, -0.1) is 0 Å². The SMILES string of the molecule is C[C@H]1[C@@H]2[C@@H](O[C@H]3O[C@@H](CO)[C@H](O)[C@@H](O)[C@@H]3O)OC=C(C(=O)O)[C@@H]2C[C@H]1O. The van der Waals surface area contributed by atoms with Crippen LogP contribution in [-0.4, -0.2) is 86.3 Å². The number of aliphatic hydroxyl groups is 5. The molecule has 10 heteroatoms. The molecule has 10 nitrogen and oxygen atoms in total. The van der Waals surface area contributed by atoms with Crippen molar-refractivity contribution in [2.45, 2.75) is 56.4 Å². The molecule has 0 aromatic carbocycles. The number of hydrogen-bond donors (Lipinski definition) is 6. The van der Waals surface area contributed by atoms with Crippen LogP contribution >= 0.6 is 0 Å². The van der Waals surface area contributed by atoms with E-state index in [-0.39, 0.29) is 17.9 Å². The van der Waals surface area contributed by atoms with Gasteiger partial charge in [0.2, 0.25) is 6.29 Å². The summed E-state index contributed by atoms with van der Waals surface area (Å²) in [5.41, 5.74) is 0.0343. The lowest BCUT2D eigenvalue weighted by Crippen LogP contribution is -2.60. The number of ether oxygens (including phenoxy) is 3. The number of carboxylic acid groups (broad SMARTS) is 1. The van der Waals surface area contributed by atoms with E-state index in [1.165, 1.54) is 0 Å². The van der Waals surface area contributed by atoms with Gasteiger partial charge in [-0.25, -0.2) is 4.79 Å². The molecule has 26 heavy (non-hydrogen) atoms. The highest BCUT2D eigenvalue weighted by Crippen LogP contribution is 2.47. The van der Waals surface area contributed by atoms with E-state index in [0.717, 1.165) is 6.26 Å². The zero-order valence-corrected chi connectivity index (χ0v) is 14.1. The van der Waals surface area contributed by atoms with E-state index in [9.17, 15) is 35.4 Å². The van der Waals surface area contributed by atoms with Crippen molar-refractivity contribution in [3.05, 3.63) is 11.8 Å². The number of aliphatic hydroxyl groups excluding tert-OH is 5. The first-order chi connectivity index (χ1) is 12.3. The second-order valence-electron chi connectivity index (χ2n) is 7.06. The molecule has 2 heterocycles. The van der Waals surface area contributed by atoms with Crippen LogP contribution in [0.4, 0.5) is 0 Å². The largest absolute Gasteiger partial charge is 0.478 e. The Morgan fingerprint density at radius 2 is 1.88 bits per heavy atom. The van der Waals surface area contributed by atoms with E-state index in [4.69, 9.17) is 14.2 Å². The third-order valence-corrected chi connectivity index (χ3v) is 5.58. The summed E-state index contributed by atoms with van der Waals surface area (Å²) in [5, 5.41) is 58.5. The lowest BCUT2D eigenvalue weighted by atomic mass is 9.83. The Kier molecular flexibility index (Phi) is 5.54. The Hall–Kier alpha value is -1.27. The molecule has 148 valence electrons. The summed E-state index contributed by atoms with van der Waals surface area (Å²) >= 11 is 0. The predicted octanol–water partition coefficient (Wildman–Crippen LogP) is -2.24. The minimum atomic E-state index is -1.60. The fourth-order valence-corrected chi connectivity index (χ4v) is 3.99. The maximum absolute atomic E-state index is 11.4. The summed E-state index contributed by atoms with van der Waals surface area (Å²) in [4.78, 5) is 11.4. The minimum Gasteiger partial charge on any atom is -0.478 e. The first kappa shape index (κ1) is 19.5. The summed E-state index contributed by atoms with van der Waals surface area (Å²) in [5.74, 6) is -2.49. The highest BCUT2D eigenvalue weighted by atomic mass is 16.8. The third-order valence-electron chi connectivity index (χ3n) is 5.58. The van der Waals surface area contributed by atoms with Gasteiger partial charge in [0.05, 0.1) is 24.5 Å². The zero-order chi connectivity index (χ0) is 19.2. The van der Waals surface area contributed by atoms with Crippen LogP contribution in [0.15, 0.2) is 11.8 Å². The summed E-state index contributed by atoms with van der Waals surface area (Å²) < 4.78 is 16.3. The predicted molar refractivity (Wildman–Crippen MR) is 82.2 cm³/mol. The number of fused-ring (bicyclic) bond motifs is 1. The van der Waals surface area contributed by atoms with E-state index < -0.39 is 67.5 Å². The van der Waals surface area contributed by atoms with Gasteiger partial charge in [-0.2, -0.15) is 0 Å². The molecule has 3 rings (SSSR count). The van der Waals surface area contributed by atoms with Crippen LogP contribution in [0.3, 0.4) is 0 Å². The van der Waals surface area contributed by atoms with Gasteiger partial charge in [-0.3, -0.25) is 0 Å². The van der Waals surface area contributed by atoms with Crippen LogP contribution in [0.25, 0.3) is 0 Å². The number of hydrogen-bond acceptors (Lipinski definition) is 9. The van der Waals surface area contributed by atoms with Gasteiger partial charge in [0, 0.05) is 11.8 Å². The Labute approximate surface area is 149 Å². The maximum Gasteiger partial charge on any atom is 0.334 e. The molecular weight excluding hydrogens is 352 g/mol. The number of aliphatic carboxylic acids is 1. The van der Waals surface area contributed by atoms with E-state index in [1.807, 2.05) is 0 Å². The van der Waals surface area contributed by atoms with Crippen LogP contribution < -0.4 is 0 Å². The van der Waals surface area contributed by atoms with E-state index in [0.29, 0.717) is 0 Å². The van der Waals surface area contributed by atoms with Crippen LogP contribution in [-0.2, 0) is 19.0 Å². The molecule has 0 amide bonds. The monoisotopic (exact) mass is 376 g/mol. The first-order valence-corrected chi connectivity index (χ1v) is 8.49. The number of carboxylic acids is 1. The Bertz CT molecular complexity index is 563. The molecule has 0 bridgehead atoms. The van der Waals surface area contributed by atoms with Gasteiger partial charge < -0.3 is 44.8 Å². The Balaban J connectivity index is 1.79. The lowest BCUT2D eigenvalue weighted by molar-refractivity contribution is -0.342. The van der Waals surface area contributed by atoms with Crippen molar-refractivity contribution >= 4 is 5.97 Å². The second-order valence-corrected chi connectivity index (χ2v) is 7.06. The second kappa shape index (κ2) is 7.39. The van der Waals surface area contributed by atoms with Gasteiger partial charge >= 0.3 is 5.97 Å². The van der Waals surface area contributed by atoms with Crippen molar-refractivity contribution in [3.63, 3.8) is 0 Å². The van der Waals surface area contributed by atoms with E-state index >= 15 is 0 Å². The molecule has 0 aromatic heterocycles. The fraction of sp³-hybridized carbons (Fsp3) is 0.812. The van der Waals surface area contributed by atoms with Crippen molar-refractivity contribution < 1.29 is 49.6 Å². The number of carbonyl (C=O) groups is 1. The van der Waals surface area contributed by atoms with E-state index in [2.05, 4.69) is 0 Å². The first-order valence-electron chi connectivity index (χ1n) is 8.49. The summed E-state index contributed by atoms with van der Waals surface area (Å²) in [6.45, 7) is 1.15. The van der Waals surface area contributed by atoms with Crippen molar-refractivity contribution in [2.75, 3.05) is 6.61 Å². The van der Waals surface area contributed by atoms with Gasteiger partial charge in [0.25, 0.3) is 0 Å². The fourth-order valence-electron chi connectivity index (χ4n) is 3.99. The average Bonchev–Trinajstić information content (AvgIpc) is 2.90. The third kappa shape index (κ3) is 3.22. The molecule has 2 aliphatic heterocycles. The van der Waals surface area contributed by atoms with Crippen molar-refractivity contribution in [1.29, 1.82) is 0 Å². The molecule has 0 spiro atoms. The van der Waals surface area contributed by atoms with Gasteiger partial charge in [-0.05, 0) is 12.3 Å².